The number of carboxylic acids is 1. The number of aryl methyl sites for hydroxylation is 2. The summed E-state index contributed by atoms with van der Waals surface area (Å²) in [5, 5.41) is 14.5. The average molecular weight is 579 g/mol. The van der Waals surface area contributed by atoms with E-state index in [1.807, 2.05) is 40.4 Å². The molecule has 3 aromatic heterocycles. The molecule has 0 saturated carbocycles. The molecule has 4 aromatic rings. The molecule has 1 saturated heterocycles. The number of aromatic nitrogens is 6. The lowest BCUT2D eigenvalue weighted by Crippen LogP contribution is -2.47. The van der Waals surface area contributed by atoms with Crippen LogP contribution in [0.1, 0.15) is 42.9 Å². The van der Waals surface area contributed by atoms with Gasteiger partial charge in [0.25, 0.3) is 0 Å². The van der Waals surface area contributed by atoms with Crippen LogP contribution in [0.2, 0.25) is 0 Å². The Morgan fingerprint density at radius 1 is 1.17 bits per heavy atom. The maximum absolute atomic E-state index is 12.7. The lowest BCUT2D eigenvalue weighted by molar-refractivity contribution is 0.0695. The number of ether oxygens (including phenoxy) is 1. The van der Waals surface area contributed by atoms with Gasteiger partial charge in [-0.25, -0.2) is 14.5 Å². The number of piperazine rings is 1. The van der Waals surface area contributed by atoms with E-state index in [4.69, 9.17) is 22.1 Å². The number of carbonyl (C=O) groups is 1. The van der Waals surface area contributed by atoms with Crippen molar-refractivity contribution in [3.05, 3.63) is 63.0 Å². The number of carboxylic acid groups (broad SMARTS) is 1. The smallest absolute Gasteiger partial charge is 0.341 e. The van der Waals surface area contributed by atoms with Crippen LogP contribution >= 0.6 is 12.2 Å². The highest BCUT2D eigenvalue weighted by atomic mass is 32.1. The summed E-state index contributed by atoms with van der Waals surface area (Å²) in [6.07, 6.45) is 5.70. The molecular formula is C28H34N8O4S. The Hall–Kier alpha value is -4.10. The molecule has 13 heteroatoms. The lowest BCUT2D eigenvalue weighted by Gasteiger charge is -2.34. The van der Waals surface area contributed by atoms with Crippen molar-refractivity contribution < 1.29 is 14.6 Å². The number of anilines is 1. The summed E-state index contributed by atoms with van der Waals surface area (Å²) < 4.78 is 11.7. The number of aromatic carboxylic acids is 1. The minimum Gasteiger partial charge on any atom is -0.497 e. The van der Waals surface area contributed by atoms with E-state index < -0.39 is 11.4 Å². The van der Waals surface area contributed by atoms with Crippen LogP contribution in [0.25, 0.3) is 16.7 Å². The molecule has 1 aromatic carbocycles. The molecule has 0 bridgehead atoms. The molecule has 5 rings (SSSR count). The van der Waals surface area contributed by atoms with Crippen molar-refractivity contribution in [1.29, 1.82) is 0 Å². The molecule has 1 N–H and O–H groups in total. The third-order valence-electron chi connectivity index (χ3n) is 7.33. The molecular weight excluding hydrogens is 544 g/mol. The first-order valence-electron chi connectivity index (χ1n) is 13.8. The van der Waals surface area contributed by atoms with Gasteiger partial charge >= 0.3 is 5.97 Å². The van der Waals surface area contributed by atoms with Gasteiger partial charge in [0, 0.05) is 57.6 Å². The van der Waals surface area contributed by atoms with Gasteiger partial charge in [-0.3, -0.25) is 14.3 Å². The van der Waals surface area contributed by atoms with E-state index in [1.54, 1.807) is 11.7 Å². The zero-order valence-corrected chi connectivity index (χ0v) is 24.3. The van der Waals surface area contributed by atoms with Crippen molar-refractivity contribution in [2.75, 3.05) is 38.2 Å². The fourth-order valence-corrected chi connectivity index (χ4v) is 5.35. The molecule has 0 aliphatic carbocycles. The van der Waals surface area contributed by atoms with Crippen molar-refractivity contribution in [2.24, 2.45) is 0 Å². The zero-order chi connectivity index (χ0) is 29.1. The molecule has 0 radical (unpaired) electrons. The molecule has 1 fully saturated rings. The molecule has 1 aliphatic heterocycles. The first-order chi connectivity index (χ1) is 19.8. The number of pyridine rings is 1. The van der Waals surface area contributed by atoms with E-state index >= 15 is 0 Å². The molecule has 216 valence electrons. The van der Waals surface area contributed by atoms with Crippen molar-refractivity contribution in [1.82, 2.24) is 33.8 Å². The molecule has 0 unspecified atom stereocenters. The Labute approximate surface area is 242 Å². The summed E-state index contributed by atoms with van der Waals surface area (Å²) in [5.74, 6) is 0.956. The SMILES string of the molecule is CCCCc1nn(CN2CCN(c3ncc4c(=O)c(C(=O)O)cn(CC)c4n3)CC2)c(=S)n1-c1cccc(OC)c1. The van der Waals surface area contributed by atoms with Crippen LogP contribution in [-0.4, -0.2) is 78.1 Å². The van der Waals surface area contributed by atoms with Crippen LogP contribution in [0, 0.1) is 4.77 Å². The molecule has 0 amide bonds. The Morgan fingerprint density at radius 2 is 1.95 bits per heavy atom. The Bertz CT molecular complexity index is 1690. The molecule has 1 aliphatic rings. The highest BCUT2D eigenvalue weighted by Crippen LogP contribution is 2.21. The number of benzene rings is 1. The number of unbranched alkanes of at least 4 members (excludes halogenated alkanes) is 1. The van der Waals surface area contributed by atoms with E-state index in [2.05, 4.69) is 26.7 Å². The molecule has 0 spiro atoms. The average Bonchev–Trinajstić information content (AvgIpc) is 3.30. The number of methoxy groups -OCH3 is 1. The third-order valence-corrected chi connectivity index (χ3v) is 7.73. The van der Waals surface area contributed by atoms with E-state index in [9.17, 15) is 14.7 Å². The number of fused-ring (bicyclic) bond motifs is 1. The van der Waals surface area contributed by atoms with Gasteiger partial charge in [-0.1, -0.05) is 19.4 Å². The summed E-state index contributed by atoms with van der Waals surface area (Å²) in [6.45, 7) is 7.94. The van der Waals surface area contributed by atoms with Crippen LogP contribution in [0.5, 0.6) is 5.75 Å². The Balaban J connectivity index is 1.34. The number of hydrogen-bond acceptors (Lipinski definition) is 9. The van der Waals surface area contributed by atoms with E-state index in [-0.39, 0.29) is 10.9 Å². The second-order valence-corrected chi connectivity index (χ2v) is 10.3. The van der Waals surface area contributed by atoms with Crippen molar-refractivity contribution in [2.45, 2.75) is 46.3 Å². The predicted octanol–water partition coefficient (Wildman–Crippen LogP) is 3.36. The number of nitrogens with zero attached hydrogens (tertiary/aromatic N) is 8. The van der Waals surface area contributed by atoms with Gasteiger partial charge in [-0.15, -0.1) is 0 Å². The summed E-state index contributed by atoms with van der Waals surface area (Å²) in [4.78, 5) is 37.6. The largest absolute Gasteiger partial charge is 0.497 e. The van der Waals surface area contributed by atoms with Crippen molar-refractivity contribution in [3.8, 4) is 11.4 Å². The van der Waals surface area contributed by atoms with E-state index in [0.717, 1.165) is 49.6 Å². The van der Waals surface area contributed by atoms with Crippen LogP contribution in [0.4, 0.5) is 5.95 Å². The van der Waals surface area contributed by atoms with Crippen LogP contribution < -0.4 is 15.1 Å². The van der Waals surface area contributed by atoms with Crippen LogP contribution in [0.3, 0.4) is 0 Å². The Morgan fingerprint density at radius 3 is 2.63 bits per heavy atom. The maximum atomic E-state index is 12.7. The molecule has 4 heterocycles. The van der Waals surface area contributed by atoms with Gasteiger partial charge in [0.1, 0.15) is 22.8 Å². The van der Waals surface area contributed by atoms with Crippen molar-refractivity contribution in [3.63, 3.8) is 0 Å². The standard InChI is InChI=1S/C28H34N8O4S/c1-4-6-10-23-31-35(28(41)36(23)19-8-7-9-20(15-19)40-3)18-32-11-13-34(14-12-32)27-29-16-21-24(37)22(26(38)39)17-33(5-2)25(21)30-27/h7-9,15-17H,4-6,10-14,18H2,1-3H3,(H,38,39). The second-order valence-electron chi connectivity index (χ2n) is 9.96. The summed E-state index contributed by atoms with van der Waals surface area (Å²) in [6, 6.07) is 7.86. The second kappa shape index (κ2) is 12.2. The maximum Gasteiger partial charge on any atom is 0.341 e. The molecule has 12 nitrogen and oxygen atoms in total. The van der Waals surface area contributed by atoms with Crippen LogP contribution in [0.15, 0.2) is 41.5 Å². The highest BCUT2D eigenvalue weighted by molar-refractivity contribution is 7.71. The van der Waals surface area contributed by atoms with E-state index in [0.29, 0.717) is 42.7 Å². The predicted molar refractivity (Wildman–Crippen MR) is 158 cm³/mol. The topological polar surface area (TPSA) is 124 Å². The monoisotopic (exact) mass is 578 g/mol. The normalized spacial score (nSPS) is 14.1. The van der Waals surface area contributed by atoms with Gasteiger partial charge in [0.05, 0.1) is 24.9 Å². The summed E-state index contributed by atoms with van der Waals surface area (Å²) >= 11 is 5.90. The summed E-state index contributed by atoms with van der Waals surface area (Å²) in [5.41, 5.74) is 0.515. The highest BCUT2D eigenvalue weighted by Gasteiger charge is 2.23. The molecule has 41 heavy (non-hydrogen) atoms. The number of hydrogen-bond donors (Lipinski definition) is 1. The van der Waals surface area contributed by atoms with Crippen molar-refractivity contribution >= 4 is 35.2 Å². The summed E-state index contributed by atoms with van der Waals surface area (Å²) in [7, 11) is 1.65. The molecule has 0 atom stereocenters. The van der Waals surface area contributed by atoms with Gasteiger partial charge in [0.2, 0.25) is 16.1 Å². The quantitative estimate of drug-likeness (QED) is 0.280. The first kappa shape index (κ1) is 28.4. The van der Waals surface area contributed by atoms with Crippen LogP contribution in [-0.2, 0) is 19.6 Å². The fourth-order valence-electron chi connectivity index (χ4n) is 5.04. The zero-order valence-electron chi connectivity index (χ0n) is 23.5. The fraction of sp³-hybridized carbons (Fsp3) is 0.429. The van der Waals surface area contributed by atoms with Gasteiger partial charge in [0.15, 0.2) is 0 Å². The minimum atomic E-state index is -1.26. The van der Waals surface area contributed by atoms with E-state index in [1.165, 1.54) is 12.4 Å². The minimum absolute atomic E-state index is 0.203. The Kier molecular flexibility index (Phi) is 8.45. The van der Waals surface area contributed by atoms with Gasteiger partial charge < -0.3 is 19.3 Å². The first-order valence-corrected chi connectivity index (χ1v) is 14.2. The van der Waals surface area contributed by atoms with Gasteiger partial charge in [-0.05, 0) is 37.7 Å². The lowest BCUT2D eigenvalue weighted by atomic mass is 10.2. The van der Waals surface area contributed by atoms with Gasteiger partial charge in [-0.2, -0.15) is 10.1 Å². The third kappa shape index (κ3) is 5.72. The number of rotatable bonds is 10.